The van der Waals surface area contributed by atoms with Gasteiger partial charge < -0.3 is 10.1 Å². The summed E-state index contributed by atoms with van der Waals surface area (Å²) in [5, 5.41) is 2.86. The van der Waals surface area contributed by atoms with Crippen molar-refractivity contribution >= 4 is 28.5 Å². The summed E-state index contributed by atoms with van der Waals surface area (Å²) in [6.45, 7) is 2.92. The zero-order valence-corrected chi connectivity index (χ0v) is 14.7. The minimum Gasteiger partial charge on any atom is -0.452 e. The predicted molar refractivity (Wildman–Crippen MR) is 96.5 cm³/mol. The third-order valence-electron chi connectivity index (χ3n) is 4.12. The van der Waals surface area contributed by atoms with Gasteiger partial charge in [-0.3, -0.25) is 9.78 Å². The average Bonchev–Trinajstić information content (AvgIpc) is 2.63. The summed E-state index contributed by atoms with van der Waals surface area (Å²) in [7, 11) is 0. The lowest BCUT2D eigenvalue weighted by molar-refractivity contribution is -0.119. The molecule has 7 heteroatoms. The van der Waals surface area contributed by atoms with Crippen molar-refractivity contribution in [2.75, 3.05) is 11.9 Å². The van der Waals surface area contributed by atoms with Crippen LogP contribution in [0, 0.1) is 25.5 Å². The predicted octanol–water partition coefficient (Wildman–Crippen LogP) is 3.93. The zero-order valence-electron chi connectivity index (χ0n) is 14.7. The molecular formula is C20H16F2N2O3. The van der Waals surface area contributed by atoms with Crippen molar-refractivity contribution in [3.8, 4) is 0 Å². The van der Waals surface area contributed by atoms with Gasteiger partial charge in [0.05, 0.1) is 16.8 Å². The Morgan fingerprint density at radius 2 is 1.85 bits per heavy atom. The van der Waals surface area contributed by atoms with E-state index in [0.717, 1.165) is 12.1 Å². The van der Waals surface area contributed by atoms with E-state index in [4.69, 9.17) is 4.74 Å². The van der Waals surface area contributed by atoms with Crippen LogP contribution < -0.4 is 5.32 Å². The monoisotopic (exact) mass is 370 g/mol. The van der Waals surface area contributed by atoms with Gasteiger partial charge in [-0.15, -0.1) is 0 Å². The molecule has 1 amide bonds. The third-order valence-corrected chi connectivity index (χ3v) is 4.12. The Kier molecular flexibility index (Phi) is 5.12. The van der Waals surface area contributed by atoms with E-state index in [0.29, 0.717) is 33.8 Å². The molecule has 3 aromatic rings. The van der Waals surface area contributed by atoms with Crippen molar-refractivity contribution in [1.29, 1.82) is 0 Å². The SMILES string of the molecule is Cc1nc2ccccc2c(C(=O)OCC(=O)Nc2ccc(F)cc2F)c1C. The molecule has 0 bridgehead atoms. The minimum absolute atomic E-state index is 0.196. The number of ether oxygens (including phenoxy) is 1. The summed E-state index contributed by atoms with van der Waals surface area (Å²) in [4.78, 5) is 28.9. The van der Waals surface area contributed by atoms with Crippen LogP contribution in [0.2, 0.25) is 0 Å². The van der Waals surface area contributed by atoms with Crippen LogP contribution in [0.1, 0.15) is 21.6 Å². The fraction of sp³-hybridized carbons (Fsp3) is 0.150. The van der Waals surface area contributed by atoms with E-state index in [1.165, 1.54) is 0 Å². The molecule has 27 heavy (non-hydrogen) atoms. The number of anilines is 1. The number of hydrogen-bond acceptors (Lipinski definition) is 4. The second-order valence-electron chi connectivity index (χ2n) is 5.96. The van der Waals surface area contributed by atoms with Gasteiger partial charge in [-0.05, 0) is 37.6 Å². The van der Waals surface area contributed by atoms with Gasteiger partial charge in [-0.25, -0.2) is 13.6 Å². The number of aryl methyl sites for hydroxylation is 1. The number of rotatable bonds is 4. The Balaban J connectivity index is 1.75. The third kappa shape index (κ3) is 3.92. The maximum atomic E-state index is 13.6. The first kappa shape index (κ1) is 18.4. The van der Waals surface area contributed by atoms with Gasteiger partial charge >= 0.3 is 5.97 Å². The van der Waals surface area contributed by atoms with Crippen molar-refractivity contribution in [3.05, 3.63) is 70.9 Å². The normalized spacial score (nSPS) is 10.7. The van der Waals surface area contributed by atoms with Crippen LogP contribution in [0.15, 0.2) is 42.5 Å². The molecule has 0 saturated heterocycles. The van der Waals surface area contributed by atoms with Gasteiger partial charge in [0.25, 0.3) is 5.91 Å². The number of aromatic nitrogens is 1. The quantitative estimate of drug-likeness (QED) is 0.707. The lowest BCUT2D eigenvalue weighted by atomic mass is 10.0. The van der Waals surface area contributed by atoms with Crippen LogP contribution in [0.3, 0.4) is 0 Å². The van der Waals surface area contributed by atoms with Gasteiger partial charge in [0.15, 0.2) is 6.61 Å². The molecule has 1 heterocycles. The van der Waals surface area contributed by atoms with Gasteiger partial charge in [0, 0.05) is 17.1 Å². The molecule has 0 spiro atoms. The highest BCUT2D eigenvalue weighted by atomic mass is 19.1. The second-order valence-corrected chi connectivity index (χ2v) is 5.96. The van der Waals surface area contributed by atoms with Crippen molar-refractivity contribution < 1.29 is 23.1 Å². The van der Waals surface area contributed by atoms with E-state index in [1.54, 1.807) is 32.0 Å². The van der Waals surface area contributed by atoms with Crippen LogP contribution in [-0.4, -0.2) is 23.5 Å². The topological polar surface area (TPSA) is 68.3 Å². The number of benzene rings is 2. The lowest BCUT2D eigenvalue weighted by Gasteiger charge is -2.12. The number of esters is 1. The number of nitrogens with zero attached hydrogens (tertiary/aromatic N) is 1. The highest BCUT2D eigenvalue weighted by molar-refractivity contribution is 6.05. The van der Waals surface area contributed by atoms with E-state index < -0.39 is 30.1 Å². The zero-order chi connectivity index (χ0) is 19.6. The lowest BCUT2D eigenvalue weighted by Crippen LogP contribution is -2.22. The molecule has 138 valence electrons. The van der Waals surface area contributed by atoms with E-state index in [1.807, 2.05) is 6.07 Å². The Bertz CT molecular complexity index is 1050. The van der Waals surface area contributed by atoms with Crippen molar-refractivity contribution in [2.24, 2.45) is 0 Å². The molecule has 0 aliphatic rings. The molecule has 2 aromatic carbocycles. The fourth-order valence-electron chi connectivity index (χ4n) is 2.67. The van der Waals surface area contributed by atoms with Gasteiger partial charge in [-0.1, -0.05) is 18.2 Å². The van der Waals surface area contributed by atoms with Crippen LogP contribution >= 0.6 is 0 Å². The number of nitrogens with one attached hydrogen (secondary N) is 1. The summed E-state index contributed by atoms with van der Waals surface area (Å²) in [5.41, 5.74) is 2.12. The number of carbonyl (C=O) groups excluding carboxylic acids is 2. The number of halogens is 2. The van der Waals surface area contributed by atoms with Crippen molar-refractivity contribution in [3.63, 3.8) is 0 Å². The smallest absolute Gasteiger partial charge is 0.339 e. The number of pyridine rings is 1. The van der Waals surface area contributed by atoms with Crippen molar-refractivity contribution in [1.82, 2.24) is 4.98 Å². The molecular weight excluding hydrogens is 354 g/mol. The Morgan fingerprint density at radius 3 is 2.59 bits per heavy atom. The van der Waals surface area contributed by atoms with Crippen LogP contribution in [0.4, 0.5) is 14.5 Å². The number of carbonyl (C=O) groups is 2. The van der Waals surface area contributed by atoms with Gasteiger partial charge in [0.1, 0.15) is 11.6 Å². The average molecular weight is 370 g/mol. The first-order chi connectivity index (χ1) is 12.9. The Morgan fingerprint density at radius 1 is 1.11 bits per heavy atom. The molecule has 0 aliphatic heterocycles. The van der Waals surface area contributed by atoms with E-state index in [9.17, 15) is 18.4 Å². The summed E-state index contributed by atoms with van der Waals surface area (Å²) >= 11 is 0. The molecule has 1 N–H and O–H groups in total. The summed E-state index contributed by atoms with van der Waals surface area (Å²) < 4.78 is 31.6. The highest BCUT2D eigenvalue weighted by Gasteiger charge is 2.19. The van der Waals surface area contributed by atoms with Crippen LogP contribution in [0.25, 0.3) is 10.9 Å². The maximum Gasteiger partial charge on any atom is 0.339 e. The van der Waals surface area contributed by atoms with Crippen LogP contribution in [-0.2, 0) is 9.53 Å². The molecule has 3 rings (SSSR count). The first-order valence-corrected chi connectivity index (χ1v) is 8.15. The molecule has 1 aromatic heterocycles. The van der Waals surface area contributed by atoms with E-state index >= 15 is 0 Å². The summed E-state index contributed by atoms with van der Waals surface area (Å²) in [6.07, 6.45) is 0. The molecule has 0 fully saturated rings. The highest BCUT2D eigenvalue weighted by Crippen LogP contribution is 2.23. The second kappa shape index (κ2) is 7.49. The molecule has 0 radical (unpaired) electrons. The largest absolute Gasteiger partial charge is 0.452 e. The summed E-state index contributed by atoms with van der Waals surface area (Å²) in [5.74, 6) is -3.08. The van der Waals surface area contributed by atoms with E-state index in [2.05, 4.69) is 10.3 Å². The van der Waals surface area contributed by atoms with Crippen LogP contribution in [0.5, 0.6) is 0 Å². The number of fused-ring (bicyclic) bond motifs is 1. The van der Waals surface area contributed by atoms with Gasteiger partial charge in [0.2, 0.25) is 0 Å². The van der Waals surface area contributed by atoms with E-state index in [-0.39, 0.29) is 5.69 Å². The first-order valence-electron chi connectivity index (χ1n) is 8.15. The minimum atomic E-state index is -0.915. The molecule has 0 unspecified atom stereocenters. The van der Waals surface area contributed by atoms with Crippen molar-refractivity contribution in [2.45, 2.75) is 13.8 Å². The molecule has 0 atom stereocenters. The number of hydrogen-bond donors (Lipinski definition) is 1. The maximum absolute atomic E-state index is 13.6. The number of amides is 1. The Hall–Kier alpha value is -3.35. The summed E-state index contributed by atoms with van der Waals surface area (Å²) in [6, 6.07) is 9.87. The fourth-order valence-corrected chi connectivity index (χ4v) is 2.67. The number of para-hydroxylation sites is 1. The molecule has 5 nitrogen and oxygen atoms in total. The molecule has 0 saturated carbocycles. The molecule has 0 aliphatic carbocycles. The van der Waals surface area contributed by atoms with Gasteiger partial charge in [-0.2, -0.15) is 0 Å². The Labute approximate surface area is 154 Å². The standard InChI is InChI=1S/C20H16F2N2O3/c1-11-12(2)23-16-6-4-3-5-14(16)19(11)20(26)27-10-18(25)24-17-8-7-13(21)9-15(17)22/h3-9H,10H2,1-2H3,(H,24,25).